The van der Waals surface area contributed by atoms with Crippen molar-refractivity contribution in [3.63, 3.8) is 0 Å². The van der Waals surface area contributed by atoms with Crippen LogP contribution in [0.15, 0.2) is 42.5 Å². The maximum absolute atomic E-state index is 13.2. The molecule has 0 aliphatic rings. The van der Waals surface area contributed by atoms with Gasteiger partial charge in [-0.05, 0) is 36.6 Å². The summed E-state index contributed by atoms with van der Waals surface area (Å²) in [6.07, 6.45) is 1.20. The first-order valence-corrected chi connectivity index (χ1v) is 11.0. The number of carbonyl (C=O) groups excluding carboxylic acids is 2. The predicted octanol–water partition coefficient (Wildman–Crippen LogP) is 3.32. The highest BCUT2D eigenvalue weighted by molar-refractivity contribution is 5.88. The molecule has 184 valence electrons. The molecule has 0 aliphatic heterocycles. The molecule has 0 fully saturated rings. The number of nitrogens with one attached hydrogen (secondary N) is 1. The van der Waals surface area contributed by atoms with Crippen LogP contribution in [0.5, 0.6) is 17.2 Å². The van der Waals surface area contributed by atoms with E-state index in [-0.39, 0.29) is 36.2 Å². The van der Waals surface area contributed by atoms with Crippen molar-refractivity contribution in [1.29, 1.82) is 0 Å². The lowest BCUT2D eigenvalue weighted by Crippen LogP contribution is -2.50. The van der Waals surface area contributed by atoms with Crippen LogP contribution in [-0.4, -0.2) is 55.1 Å². The molecule has 2 amide bonds. The zero-order chi connectivity index (χ0) is 25.1. The van der Waals surface area contributed by atoms with Gasteiger partial charge in [-0.1, -0.05) is 26.0 Å². The molecule has 0 heterocycles. The van der Waals surface area contributed by atoms with Crippen molar-refractivity contribution in [3.05, 3.63) is 58.1 Å². The summed E-state index contributed by atoms with van der Waals surface area (Å²) in [6, 6.07) is 10.6. The van der Waals surface area contributed by atoms with E-state index in [1.807, 2.05) is 26.0 Å². The molecule has 1 atom stereocenters. The van der Waals surface area contributed by atoms with Crippen molar-refractivity contribution >= 4 is 17.5 Å². The number of rotatable bonds is 13. The average Bonchev–Trinajstić information content (AvgIpc) is 2.85. The summed E-state index contributed by atoms with van der Waals surface area (Å²) in [6.45, 7) is 4.15. The van der Waals surface area contributed by atoms with Crippen LogP contribution >= 0.6 is 0 Å². The molecule has 10 nitrogen and oxygen atoms in total. The quantitative estimate of drug-likeness (QED) is 0.350. The summed E-state index contributed by atoms with van der Waals surface area (Å²) in [4.78, 5) is 38.0. The second-order valence-corrected chi connectivity index (χ2v) is 7.46. The highest BCUT2D eigenvalue weighted by Gasteiger charge is 2.29. The van der Waals surface area contributed by atoms with Crippen molar-refractivity contribution < 1.29 is 28.7 Å². The molecule has 0 aromatic heterocycles. The van der Waals surface area contributed by atoms with Crippen molar-refractivity contribution in [3.8, 4) is 17.2 Å². The largest absolute Gasteiger partial charge is 0.497 e. The van der Waals surface area contributed by atoms with E-state index < -0.39 is 16.9 Å². The highest BCUT2D eigenvalue weighted by Crippen LogP contribution is 2.30. The molecule has 0 saturated carbocycles. The number of nitro groups is 1. The van der Waals surface area contributed by atoms with Crippen LogP contribution in [0, 0.1) is 10.1 Å². The highest BCUT2D eigenvalue weighted by atomic mass is 16.6. The number of nitro benzene ring substituents is 1. The number of amides is 2. The van der Waals surface area contributed by atoms with Crippen LogP contribution in [0.25, 0.3) is 0 Å². The maximum Gasteiger partial charge on any atom is 0.311 e. The lowest BCUT2D eigenvalue weighted by atomic mass is 10.1. The van der Waals surface area contributed by atoms with Gasteiger partial charge in [-0.2, -0.15) is 0 Å². The Balaban J connectivity index is 2.23. The van der Waals surface area contributed by atoms with E-state index in [0.29, 0.717) is 18.7 Å². The van der Waals surface area contributed by atoms with Crippen molar-refractivity contribution in [2.45, 2.75) is 39.3 Å². The maximum atomic E-state index is 13.2. The molecule has 10 heteroatoms. The Morgan fingerprint density at radius 2 is 1.74 bits per heavy atom. The molecule has 0 radical (unpaired) electrons. The van der Waals surface area contributed by atoms with Crippen LogP contribution < -0.4 is 19.5 Å². The Labute approximate surface area is 198 Å². The van der Waals surface area contributed by atoms with Crippen molar-refractivity contribution in [2.75, 3.05) is 27.4 Å². The Bertz CT molecular complexity index is 979. The minimum atomic E-state index is -0.684. The predicted molar refractivity (Wildman–Crippen MR) is 126 cm³/mol. The van der Waals surface area contributed by atoms with Gasteiger partial charge in [0.15, 0.2) is 6.61 Å². The normalized spacial score (nSPS) is 11.3. The van der Waals surface area contributed by atoms with Crippen LogP contribution in [0.3, 0.4) is 0 Å². The van der Waals surface area contributed by atoms with Crippen LogP contribution in [0.1, 0.15) is 32.3 Å². The van der Waals surface area contributed by atoms with Gasteiger partial charge < -0.3 is 24.4 Å². The molecule has 0 saturated heterocycles. The van der Waals surface area contributed by atoms with Gasteiger partial charge in [0, 0.05) is 25.2 Å². The lowest BCUT2D eigenvalue weighted by molar-refractivity contribution is -0.385. The number of hydrogen-bond donors (Lipinski definition) is 1. The van der Waals surface area contributed by atoms with E-state index in [9.17, 15) is 19.7 Å². The topological polar surface area (TPSA) is 120 Å². The molecule has 0 unspecified atom stereocenters. The summed E-state index contributed by atoms with van der Waals surface area (Å²) in [5.74, 6) is 0.318. The van der Waals surface area contributed by atoms with E-state index in [2.05, 4.69) is 5.32 Å². The third-order valence-electron chi connectivity index (χ3n) is 5.16. The van der Waals surface area contributed by atoms with Gasteiger partial charge >= 0.3 is 5.69 Å². The number of hydrogen-bond acceptors (Lipinski definition) is 7. The summed E-state index contributed by atoms with van der Waals surface area (Å²) in [5, 5.41) is 13.9. The first kappa shape index (κ1) is 26.4. The molecule has 1 N–H and O–H groups in total. The van der Waals surface area contributed by atoms with Gasteiger partial charge in [0.25, 0.3) is 5.91 Å². The minimum absolute atomic E-state index is 0.0235. The Morgan fingerprint density at radius 3 is 2.29 bits per heavy atom. The number of methoxy groups -OCH3 is 2. The Morgan fingerprint density at radius 1 is 1.06 bits per heavy atom. The molecule has 2 aromatic carbocycles. The van der Waals surface area contributed by atoms with E-state index in [4.69, 9.17) is 14.2 Å². The van der Waals surface area contributed by atoms with Gasteiger partial charge in [-0.3, -0.25) is 19.7 Å². The van der Waals surface area contributed by atoms with Crippen LogP contribution in [-0.2, 0) is 16.1 Å². The van der Waals surface area contributed by atoms with Crippen molar-refractivity contribution in [1.82, 2.24) is 10.2 Å². The summed E-state index contributed by atoms with van der Waals surface area (Å²) < 4.78 is 15.8. The van der Waals surface area contributed by atoms with Gasteiger partial charge in [0.1, 0.15) is 17.5 Å². The van der Waals surface area contributed by atoms with E-state index >= 15 is 0 Å². The molecule has 34 heavy (non-hydrogen) atoms. The first-order valence-electron chi connectivity index (χ1n) is 11.0. The Kier molecular flexibility index (Phi) is 10.1. The van der Waals surface area contributed by atoms with E-state index in [0.717, 1.165) is 12.0 Å². The molecule has 2 rings (SSSR count). The summed E-state index contributed by atoms with van der Waals surface area (Å²) in [5.41, 5.74) is 0.619. The lowest BCUT2D eigenvalue weighted by Gasteiger charge is -2.30. The molecule has 0 aliphatic carbocycles. The molecular formula is C24H31N3O7. The Hall–Kier alpha value is -3.82. The first-order chi connectivity index (χ1) is 16.3. The fraction of sp³-hybridized carbons (Fsp3) is 0.417. The summed E-state index contributed by atoms with van der Waals surface area (Å²) >= 11 is 0. The average molecular weight is 474 g/mol. The number of benzene rings is 2. The van der Waals surface area contributed by atoms with E-state index in [1.165, 1.54) is 30.2 Å². The number of ether oxygens (including phenoxy) is 3. The second kappa shape index (κ2) is 13.0. The number of nitrogens with zero attached hydrogens (tertiary/aromatic N) is 2. The van der Waals surface area contributed by atoms with Crippen LogP contribution in [0.2, 0.25) is 0 Å². The zero-order valence-electron chi connectivity index (χ0n) is 19.9. The van der Waals surface area contributed by atoms with Crippen molar-refractivity contribution in [2.24, 2.45) is 0 Å². The fourth-order valence-electron chi connectivity index (χ4n) is 3.34. The fourth-order valence-corrected chi connectivity index (χ4v) is 3.34. The summed E-state index contributed by atoms with van der Waals surface area (Å²) in [7, 11) is 2.88. The van der Waals surface area contributed by atoms with Gasteiger partial charge in [0.2, 0.25) is 11.7 Å². The van der Waals surface area contributed by atoms with E-state index in [1.54, 1.807) is 19.2 Å². The van der Waals surface area contributed by atoms with Gasteiger partial charge in [0.05, 0.1) is 19.1 Å². The van der Waals surface area contributed by atoms with Gasteiger partial charge in [-0.25, -0.2) is 0 Å². The monoisotopic (exact) mass is 473 g/mol. The molecule has 2 aromatic rings. The minimum Gasteiger partial charge on any atom is -0.497 e. The standard InChI is InChI=1S/C24H31N3O7/c1-5-13-25-24(29)20(6-2)26(15-17-7-9-18(32-3)10-8-17)23(28)16-34-19-11-12-21(27(30)31)22(14-19)33-4/h7-12,14,20H,5-6,13,15-16H2,1-4H3,(H,25,29)/t20-/m1/s1. The third-order valence-corrected chi connectivity index (χ3v) is 5.16. The zero-order valence-corrected chi connectivity index (χ0v) is 19.9. The van der Waals surface area contributed by atoms with Crippen LogP contribution in [0.4, 0.5) is 5.69 Å². The third kappa shape index (κ3) is 7.09. The smallest absolute Gasteiger partial charge is 0.311 e. The molecule has 0 bridgehead atoms. The van der Waals surface area contributed by atoms with Gasteiger partial charge in [-0.15, -0.1) is 0 Å². The number of carbonyl (C=O) groups is 2. The SMILES string of the molecule is CCCNC(=O)[C@@H](CC)N(Cc1ccc(OC)cc1)C(=O)COc1ccc([N+](=O)[O-])c(OC)c1. The molecular weight excluding hydrogens is 442 g/mol. The second-order valence-electron chi connectivity index (χ2n) is 7.46. The molecule has 0 spiro atoms.